The van der Waals surface area contributed by atoms with Gasteiger partial charge >= 0.3 is 0 Å². The summed E-state index contributed by atoms with van der Waals surface area (Å²) in [5.41, 5.74) is 6.18. The van der Waals surface area contributed by atoms with Crippen molar-refractivity contribution in [2.24, 2.45) is 5.73 Å². The van der Waals surface area contributed by atoms with Gasteiger partial charge in [0.05, 0.1) is 11.5 Å². The molecule has 0 atom stereocenters. The molecule has 3 nitrogen and oxygen atoms in total. The van der Waals surface area contributed by atoms with E-state index in [1.807, 2.05) is 43.3 Å². The Bertz CT molecular complexity index is 672. The minimum atomic E-state index is -0.0508. The van der Waals surface area contributed by atoms with Crippen molar-refractivity contribution in [3.63, 3.8) is 0 Å². The van der Waals surface area contributed by atoms with Crippen LogP contribution in [0.15, 0.2) is 40.9 Å². The summed E-state index contributed by atoms with van der Waals surface area (Å²) in [7, 11) is 0. The summed E-state index contributed by atoms with van der Waals surface area (Å²) in [5.74, 6) is -0.0508. The number of rotatable bonds is 4. The van der Waals surface area contributed by atoms with Crippen LogP contribution in [0.5, 0.6) is 0 Å². The molecule has 2 rings (SSSR count). The lowest BCUT2D eigenvalue weighted by atomic mass is 10.1. The molecule has 0 saturated carbocycles. The number of halogens is 1. The second-order valence-electron chi connectivity index (χ2n) is 4.49. The molecule has 0 aliphatic rings. The molecule has 0 radical (unpaired) electrons. The third-order valence-corrected chi connectivity index (χ3v) is 3.69. The van der Waals surface area contributed by atoms with Crippen molar-refractivity contribution in [1.82, 2.24) is 4.90 Å². The van der Waals surface area contributed by atoms with Crippen LogP contribution in [0.3, 0.4) is 0 Å². The molecule has 0 aliphatic heterocycles. The van der Waals surface area contributed by atoms with Gasteiger partial charge in [-0.15, -0.1) is 0 Å². The predicted molar refractivity (Wildman–Crippen MR) is 90.0 cm³/mol. The Morgan fingerprint density at radius 2 is 1.90 bits per heavy atom. The van der Waals surface area contributed by atoms with Crippen LogP contribution < -0.4 is 5.73 Å². The minimum absolute atomic E-state index is 0.0508. The Hall–Kier alpha value is -1.46. The van der Waals surface area contributed by atoms with Crippen molar-refractivity contribution in [2.45, 2.75) is 6.92 Å². The molecule has 5 heteroatoms. The largest absolute Gasteiger partial charge is 0.392 e. The van der Waals surface area contributed by atoms with Gasteiger partial charge in [-0.1, -0.05) is 40.3 Å². The SMILES string of the molecule is CCN(CC(N)=S)C(=O)c1ccc2cc(Br)ccc2c1. The van der Waals surface area contributed by atoms with Crippen LogP contribution in [0, 0.1) is 0 Å². The van der Waals surface area contributed by atoms with Gasteiger partial charge in [0.15, 0.2) is 0 Å². The standard InChI is InChI=1S/C15H15BrN2OS/c1-2-18(9-14(17)20)15(19)12-4-3-11-8-13(16)6-5-10(11)7-12/h3-8H,2,9H2,1H3,(H2,17,20). The van der Waals surface area contributed by atoms with Crippen molar-refractivity contribution < 1.29 is 4.79 Å². The smallest absolute Gasteiger partial charge is 0.254 e. The maximum Gasteiger partial charge on any atom is 0.254 e. The normalized spacial score (nSPS) is 10.5. The lowest BCUT2D eigenvalue weighted by Crippen LogP contribution is -2.37. The summed E-state index contributed by atoms with van der Waals surface area (Å²) in [4.78, 5) is 14.4. The van der Waals surface area contributed by atoms with E-state index in [1.165, 1.54) is 0 Å². The van der Waals surface area contributed by atoms with E-state index in [0.717, 1.165) is 15.2 Å². The molecule has 2 aromatic rings. The van der Waals surface area contributed by atoms with Crippen LogP contribution in [0.2, 0.25) is 0 Å². The summed E-state index contributed by atoms with van der Waals surface area (Å²) in [5, 5.41) is 2.12. The number of likely N-dealkylation sites (N-methyl/N-ethyl adjacent to an activating group) is 1. The van der Waals surface area contributed by atoms with E-state index >= 15 is 0 Å². The molecule has 0 unspecified atom stereocenters. The Morgan fingerprint density at radius 1 is 1.25 bits per heavy atom. The first-order valence-electron chi connectivity index (χ1n) is 6.28. The maximum absolute atomic E-state index is 12.4. The molecule has 20 heavy (non-hydrogen) atoms. The van der Waals surface area contributed by atoms with Gasteiger partial charge in [0, 0.05) is 16.6 Å². The summed E-state index contributed by atoms with van der Waals surface area (Å²) in [6.07, 6.45) is 0. The van der Waals surface area contributed by atoms with Crippen LogP contribution in [0.1, 0.15) is 17.3 Å². The van der Waals surface area contributed by atoms with Crippen LogP contribution in [-0.4, -0.2) is 28.9 Å². The highest BCUT2D eigenvalue weighted by Gasteiger charge is 2.15. The highest BCUT2D eigenvalue weighted by atomic mass is 79.9. The predicted octanol–water partition coefficient (Wildman–Crippen LogP) is 3.35. The van der Waals surface area contributed by atoms with Crippen LogP contribution in [0.4, 0.5) is 0 Å². The molecule has 0 saturated heterocycles. The number of amides is 1. The fourth-order valence-corrected chi connectivity index (χ4v) is 2.58. The number of nitrogens with zero attached hydrogens (tertiary/aromatic N) is 1. The topological polar surface area (TPSA) is 46.3 Å². The third kappa shape index (κ3) is 3.35. The lowest BCUT2D eigenvalue weighted by Gasteiger charge is -2.20. The molecule has 0 heterocycles. The highest BCUT2D eigenvalue weighted by Crippen LogP contribution is 2.21. The van der Waals surface area contributed by atoms with E-state index in [4.69, 9.17) is 18.0 Å². The zero-order chi connectivity index (χ0) is 14.7. The first kappa shape index (κ1) is 14.9. The molecule has 104 valence electrons. The summed E-state index contributed by atoms with van der Waals surface area (Å²) in [6.45, 7) is 2.80. The quantitative estimate of drug-likeness (QED) is 0.860. The van der Waals surface area contributed by atoms with E-state index in [0.29, 0.717) is 23.6 Å². The second kappa shape index (κ2) is 6.33. The van der Waals surface area contributed by atoms with Gasteiger partial charge in [-0.2, -0.15) is 0 Å². The van der Waals surface area contributed by atoms with E-state index in [-0.39, 0.29) is 5.91 Å². The maximum atomic E-state index is 12.4. The molecule has 1 amide bonds. The highest BCUT2D eigenvalue weighted by molar-refractivity contribution is 9.10. The monoisotopic (exact) mass is 350 g/mol. The number of benzene rings is 2. The summed E-state index contributed by atoms with van der Waals surface area (Å²) < 4.78 is 1.02. The van der Waals surface area contributed by atoms with Gasteiger partial charge < -0.3 is 10.6 Å². The average Bonchev–Trinajstić information content (AvgIpc) is 2.43. The number of hydrogen-bond acceptors (Lipinski definition) is 2. The van der Waals surface area contributed by atoms with Gasteiger partial charge in [0.1, 0.15) is 0 Å². The van der Waals surface area contributed by atoms with E-state index < -0.39 is 0 Å². The second-order valence-corrected chi connectivity index (χ2v) is 5.93. The zero-order valence-electron chi connectivity index (χ0n) is 11.1. The Balaban J connectivity index is 2.34. The van der Waals surface area contributed by atoms with E-state index in [2.05, 4.69) is 15.9 Å². The van der Waals surface area contributed by atoms with Gasteiger partial charge in [-0.25, -0.2) is 0 Å². The van der Waals surface area contributed by atoms with Crippen LogP contribution in [-0.2, 0) is 0 Å². The molecule has 2 N–H and O–H groups in total. The van der Waals surface area contributed by atoms with Gasteiger partial charge in [0.25, 0.3) is 5.91 Å². The number of carbonyl (C=O) groups excluding carboxylic acids is 1. The summed E-state index contributed by atoms with van der Waals surface area (Å²) in [6, 6.07) is 11.6. The number of carbonyl (C=O) groups is 1. The Labute approximate surface area is 131 Å². The van der Waals surface area contributed by atoms with Crippen LogP contribution >= 0.6 is 28.1 Å². The average molecular weight is 351 g/mol. The van der Waals surface area contributed by atoms with Gasteiger partial charge in [-0.3, -0.25) is 4.79 Å². The molecule has 2 aromatic carbocycles. The Morgan fingerprint density at radius 3 is 2.55 bits per heavy atom. The molecule has 0 aliphatic carbocycles. The zero-order valence-corrected chi connectivity index (χ0v) is 13.5. The van der Waals surface area contributed by atoms with Crippen LogP contribution in [0.25, 0.3) is 10.8 Å². The molecule has 0 spiro atoms. The third-order valence-electron chi connectivity index (χ3n) is 3.06. The van der Waals surface area contributed by atoms with E-state index in [9.17, 15) is 4.79 Å². The van der Waals surface area contributed by atoms with Crippen molar-refractivity contribution in [1.29, 1.82) is 0 Å². The van der Waals surface area contributed by atoms with Crippen molar-refractivity contribution in [3.8, 4) is 0 Å². The Kier molecular flexibility index (Phi) is 4.73. The lowest BCUT2D eigenvalue weighted by molar-refractivity contribution is 0.0788. The first-order valence-corrected chi connectivity index (χ1v) is 7.48. The van der Waals surface area contributed by atoms with E-state index in [1.54, 1.807) is 4.90 Å². The minimum Gasteiger partial charge on any atom is -0.392 e. The fraction of sp³-hybridized carbons (Fsp3) is 0.200. The van der Waals surface area contributed by atoms with Crippen molar-refractivity contribution >= 4 is 49.8 Å². The first-order chi connectivity index (χ1) is 9.51. The van der Waals surface area contributed by atoms with Crippen molar-refractivity contribution in [2.75, 3.05) is 13.1 Å². The number of thiocarbonyl (C=S) groups is 1. The van der Waals surface area contributed by atoms with Gasteiger partial charge in [-0.05, 0) is 42.0 Å². The molecular weight excluding hydrogens is 336 g/mol. The number of nitrogens with two attached hydrogens (primary N) is 1. The number of fused-ring (bicyclic) bond motifs is 1. The molecule has 0 bridgehead atoms. The van der Waals surface area contributed by atoms with Crippen molar-refractivity contribution in [3.05, 3.63) is 46.4 Å². The number of hydrogen-bond donors (Lipinski definition) is 1. The fourth-order valence-electron chi connectivity index (χ4n) is 2.05. The summed E-state index contributed by atoms with van der Waals surface area (Å²) >= 11 is 8.32. The molecular formula is C15H15BrN2OS. The van der Waals surface area contributed by atoms with Gasteiger partial charge in [0.2, 0.25) is 0 Å². The molecule has 0 fully saturated rings. The molecule has 0 aromatic heterocycles.